The van der Waals surface area contributed by atoms with Gasteiger partial charge in [0.1, 0.15) is 0 Å². The first-order valence-electron chi connectivity index (χ1n) is 6.09. The lowest BCUT2D eigenvalue weighted by Crippen LogP contribution is -2.42. The monoisotopic (exact) mass is 243 g/mol. The Balaban J connectivity index is 4.31. The number of aliphatic carboxylic acids is 1. The molecular formula is C13H25NO3. The summed E-state index contributed by atoms with van der Waals surface area (Å²) < 4.78 is 0. The largest absolute Gasteiger partial charge is 0.481 e. The van der Waals surface area contributed by atoms with Crippen LogP contribution in [0.4, 0.5) is 0 Å². The highest BCUT2D eigenvalue weighted by molar-refractivity contribution is 5.67. The van der Waals surface area contributed by atoms with E-state index in [1.54, 1.807) is 0 Å². The van der Waals surface area contributed by atoms with E-state index in [0.29, 0.717) is 12.5 Å². The maximum atomic E-state index is 10.6. The van der Waals surface area contributed by atoms with Gasteiger partial charge < -0.3 is 15.5 Å². The van der Waals surface area contributed by atoms with Crippen LogP contribution in [-0.2, 0) is 4.79 Å². The van der Waals surface area contributed by atoms with Crippen LogP contribution in [-0.4, -0.2) is 34.9 Å². The zero-order valence-electron chi connectivity index (χ0n) is 11.2. The van der Waals surface area contributed by atoms with Crippen molar-refractivity contribution in [3.63, 3.8) is 0 Å². The molecule has 0 rings (SSSR count). The first-order chi connectivity index (χ1) is 7.82. The van der Waals surface area contributed by atoms with E-state index in [1.165, 1.54) is 5.57 Å². The summed E-state index contributed by atoms with van der Waals surface area (Å²) in [6.45, 7) is 8.79. The fourth-order valence-corrected chi connectivity index (χ4v) is 1.62. The quantitative estimate of drug-likeness (QED) is 0.568. The van der Waals surface area contributed by atoms with Gasteiger partial charge >= 0.3 is 5.97 Å². The molecule has 100 valence electrons. The van der Waals surface area contributed by atoms with Crippen molar-refractivity contribution in [3.05, 3.63) is 11.6 Å². The maximum absolute atomic E-state index is 10.6. The Bertz CT molecular complexity index is 257. The second-order valence-electron chi connectivity index (χ2n) is 5.09. The molecule has 2 atom stereocenters. The molecule has 0 aromatic carbocycles. The zero-order valence-corrected chi connectivity index (χ0v) is 11.2. The first kappa shape index (κ1) is 16.1. The van der Waals surface area contributed by atoms with E-state index in [2.05, 4.69) is 19.2 Å². The van der Waals surface area contributed by atoms with Crippen LogP contribution in [0.25, 0.3) is 0 Å². The predicted molar refractivity (Wildman–Crippen MR) is 68.9 cm³/mol. The van der Waals surface area contributed by atoms with E-state index in [9.17, 15) is 9.90 Å². The number of rotatable bonds is 8. The van der Waals surface area contributed by atoms with E-state index < -0.39 is 12.1 Å². The average molecular weight is 243 g/mol. The number of hydrogen-bond acceptors (Lipinski definition) is 3. The minimum absolute atomic E-state index is 0.165. The van der Waals surface area contributed by atoms with Gasteiger partial charge in [0.05, 0.1) is 12.5 Å². The van der Waals surface area contributed by atoms with Gasteiger partial charge in [0.2, 0.25) is 0 Å². The molecule has 0 fully saturated rings. The maximum Gasteiger partial charge on any atom is 0.306 e. The number of carboxylic acids is 1. The number of nitrogens with one attached hydrogen (secondary N) is 1. The lowest BCUT2D eigenvalue weighted by atomic mass is 9.97. The first-order valence-corrected chi connectivity index (χ1v) is 6.09. The molecule has 0 aliphatic carbocycles. The van der Waals surface area contributed by atoms with E-state index in [0.717, 1.165) is 6.42 Å². The van der Waals surface area contributed by atoms with Crippen LogP contribution in [0, 0.1) is 5.92 Å². The minimum atomic E-state index is -0.963. The standard InChI is InChI=1S/C13H25NO3/c1-9(2)5-6-14-11(7-10(3)4)12(15)8-13(16)17/h5,10-12,14-15H,6-8H2,1-4H3,(H,16,17)/t11-,12-/m0/s1. The van der Waals surface area contributed by atoms with E-state index >= 15 is 0 Å². The minimum Gasteiger partial charge on any atom is -0.481 e. The summed E-state index contributed by atoms with van der Waals surface area (Å²) in [6, 6.07) is -0.165. The number of carbonyl (C=O) groups is 1. The van der Waals surface area contributed by atoms with Crippen molar-refractivity contribution in [2.75, 3.05) is 6.54 Å². The molecule has 0 aliphatic rings. The Kier molecular flexibility index (Phi) is 7.83. The summed E-state index contributed by atoms with van der Waals surface area (Å²) in [5, 5.41) is 21.7. The summed E-state index contributed by atoms with van der Waals surface area (Å²) in [7, 11) is 0. The smallest absolute Gasteiger partial charge is 0.306 e. The van der Waals surface area contributed by atoms with Gasteiger partial charge in [0.15, 0.2) is 0 Å². The molecule has 0 aromatic heterocycles. The lowest BCUT2D eigenvalue weighted by Gasteiger charge is -2.24. The van der Waals surface area contributed by atoms with Gasteiger partial charge in [-0.3, -0.25) is 4.79 Å². The van der Waals surface area contributed by atoms with Gasteiger partial charge in [-0.2, -0.15) is 0 Å². The van der Waals surface area contributed by atoms with Crippen molar-refractivity contribution in [1.29, 1.82) is 0 Å². The van der Waals surface area contributed by atoms with Crippen molar-refractivity contribution in [1.82, 2.24) is 5.32 Å². The Hall–Kier alpha value is -0.870. The highest BCUT2D eigenvalue weighted by atomic mass is 16.4. The Morgan fingerprint density at radius 1 is 1.35 bits per heavy atom. The molecule has 17 heavy (non-hydrogen) atoms. The third kappa shape index (κ3) is 8.89. The number of hydrogen-bond donors (Lipinski definition) is 3. The van der Waals surface area contributed by atoms with Gasteiger partial charge in [0.25, 0.3) is 0 Å². The van der Waals surface area contributed by atoms with Gasteiger partial charge in [-0.15, -0.1) is 0 Å². The summed E-state index contributed by atoms with van der Waals surface area (Å²) in [5.41, 5.74) is 1.20. The molecule has 0 aromatic rings. The van der Waals surface area contributed by atoms with Gasteiger partial charge in [-0.1, -0.05) is 25.5 Å². The van der Waals surface area contributed by atoms with E-state index in [1.807, 2.05) is 19.9 Å². The molecule has 0 spiro atoms. The average Bonchev–Trinajstić information content (AvgIpc) is 2.13. The zero-order chi connectivity index (χ0) is 13.4. The third-order valence-electron chi connectivity index (χ3n) is 2.46. The summed E-state index contributed by atoms with van der Waals surface area (Å²) in [6.07, 6.45) is 1.76. The van der Waals surface area contributed by atoms with Crippen LogP contribution in [0.1, 0.15) is 40.5 Å². The van der Waals surface area contributed by atoms with E-state index in [-0.39, 0.29) is 12.5 Å². The molecular weight excluding hydrogens is 218 g/mol. The number of allylic oxidation sites excluding steroid dienone is 1. The van der Waals surface area contributed by atoms with Crippen LogP contribution in [0.2, 0.25) is 0 Å². The second kappa shape index (κ2) is 8.25. The topological polar surface area (TPSA) is 69.6 Å². The molecule has 0 bridgehead atoms. The highest BCUT2D eigenvalue weighted by Gasteiger charge is 2.21. The lowest BCUT2D eigenvalue weighted by molar-refractivity contribution is -0.139. The van der Waals surface area contributed by atoms with Crippen molar-refractivity contribution in [2.45, 2.75) is 52.7 Å². The molecule has 0 aliphatic heterocycles. The molecule has 0 radical (unpaired) electrons. The molecule has 4 heteroatoms. The summed E-state index contributed by atoms with van der Waals surface area (Å²) in [4.78, 5) is 10.6. The molecule has 0 saturated carbocycles. The second-order valence-corrected chi connectivity index (χ2v) is 5.09. The number of carboxylic acid groups (broad SMARTS) is 1. The van der Waals surface area contributed by atoms with Crippen molar-refractivity contribution < 1.29 is 15.0 Å². The Morgan fingerprint density at radius 3 is 2.35 bits per heavy atom. The fourth-order valence-electron chi connectivity index (χ4n) is 1.62. The van der Waals surface area contributed by atoms with Gasteiger partial charge in [0, 0.05) is 12.6 Å². The van der Waals surface area contributed by atoms with Crippen LogP contribution in [0.3, 0.4) is 0 Å². The molecule has 4 nitrogen and oxygen atoms in total. The third-order valence-corrected chi connectivity index (χ3v) is 2.46. The molecule has 0 heterocycles. The van der Waals surface area contributed by atoms with Gasteiger partial charge in [-0.05, 0) is 26.2 Å². The van der Waals surface area contributed by atoms with Crippen molar-refractivity contribution >= 4 is 5.97 Å². The summed E-state index contributed by atoms with van der Waals surface area (Å²) >= 11 is 0. The van der Waals surface area contributed by atoms with Crippen LogP contribution in [0.15, 0.2) is 11.6 Å². The SMILES string of the molecule is CC(C)=CCN[C@@H](CC(C)C)[C@@H](O)CC(=O)O. The molecule has 0 unspecified atom stereocenters. The molecule has 0 saturated heterocycles. The Labute approximate surface area is 104 Å². The van der Waals surface area contributed by atoms with Crippen molar-refractivity contribution in [3.8, 4) is 0 Å². The molecule has 0 amide bonds. The normalized spacial score (nSPS) is 14.5. The fraction of sp³-hybridized carbons (Fsp3) is 0.769. The van der Waals surface area contributed by atoms with Gasteiger partial charge in [-0.25, -0.2) is 0 Å². The summed E-state index contributed by atoms with van der Waals surface area (Å²) in [5.74, 6) is -0.544. The predicted octanol–water partition coefficient (Wildman–Crippen LogP) is 1.79. The number of aliphatic hydroxyl groups is 1. The van der Waals surface area contributed by atoms with Crippen LogP contribution >= 0.6 is 0 Å². The molecule has 3 N–H and O–H groups in total. The highest BCUT2D eigenvalue weighted by Crippen LogP contribution is 2.11. The van der Waals surface area contributed by atoms with Crippen molar-refractivity contribution in [2.24, 2.45) is 5.92 Å². The Morgan fingerprint density at radius 2 is 1.94 bits per heavy atom. The van der Waals surface area contributed by atoms with E-state index in [4.69, 9.17) is 5.11 Å². The van der Waals surface area contributed by atoms with Crippen LogP contribution < -0.4 is 5.32 Å². The van der Waals surface area contributed by atoms with Crippen LogP contribution in [0.5, 0.6) is 0 Å². The number of aliphatic hydroxyl groups excluding tert-OH is 1.